The number of aliphatic hydroxyl groups is 1. The van der Waals surface area contributed by atoms with Gasteiger partial charge in [-0.1, -0.05) is 30.3 Å². The molecule has 3 aromatic carbocycles. The lowest BCUT2D eigenvalue weighted by Gasteiger charge is -2.17. The van der Waals surface area contributed by atoms with Crippen LogP contribution in [0.3, 0.4) is 0 Å². The Hall–Kier alpha value is -3.22. The molecule has 0 amide bonds. The number of aryl methyl sites for hydroxylation is 2. The molecule has 0 aliphatic carbocycles. The van der Waals surface area contributed by atoms with E-state index in [0.717, 1.165) is 39.5 Å². The Morgan fingerprint density at radius 2 is 1.55 bits per heavy atom. The van der Waals surface area contributed by atoms with E-state index < -0.39 is 6.10 Å². The molecule has 0 radical (unpaired) electrons. The molecule has 1 aromatic heterocycles. The van der Waals surface area contributed by atoms with Gasteiger partial charge >= 0.3 is 0 Å². The van der Waals surface area contributed by atoms with Crippen molar-refractivity contribution in [2.24, 2.45) is 0 Å². The van der Waals surface area contributed by atoms with Gasteiger partial charge in [0.15, 0.2) is 0 Å². The zero-order chi connectivity index (χ0) is 22.5. The topological polar surface area (TPSA) is 65.7 Å². The number of ether oxygens (including phenoxy) is 3. The predicted molar refractivity (Wildman–Crippen MR) is 132 cm³/mol. The second kappa shape index (κ2) is 11.1. The average Bonchev–Trinajstić information content (AvgIpc) is 3.15. The lowest BCUT2D eigenvalue weighted by molar-refractivity contribution is 0.0917. The van der Waals surface area contributed by atoms with Crippen LogP contribution in [-0.2, 0) is 13.2 Å². The highest BCUT2D eigenvalue weighted by molar-refractivity contribution is 5.85. The third-order valence-electron chi connectivity index (χ3n) is 5.38. The molecular formula is C26H29ClN2O4. The highest BCUT2D eigenvalue weighted by Crippen LogP contribution is 2.25. The van der Waals surface area contributed by atoms with Crippen LogP contribution in [0.2, 0.25) is 0 Å². The highest BCUT2D eigenvalue weighted by atomic mass is 35.5. The van der Waals surface area contributed by atoms with Gasteiger partial charge in [-0.25, -0.2) is 4.98 Å². The van der Waals surface area contributed by atoms with Crippen LogP contribution in [0.5, 0.6) is 17.2 Å². The number of imidazole rings is 1. The van der Waals surface area contributed by atoms with Gasteiger partial charge in [0.1, 0.15) is 42.4 Å². The number of hydrogen-bond donors (Lipinski definition) is 1. The van der Waals surface area contributed by atoms with Crippen molar-refractivity contribution in [2.45, 2.75) is 33.1 Å². The molecule has 0 spiro atoms. The number of para-hydroxylation sites is 3. The van der Waals surface area contributed by atoms with E-state index >= 15 is 0 Å². The first-order chi connectivity index (χ1) is 15.5. The molecule has 7 heteroatoms. The first kappa shape index (κ1) is 24.4. The zero-order valence-corrected chi connectivity index (χ0v) is 19.8. The number of fused-ring (bicyclic) bond motifs is 1. The summed E-state index contributed by atoms with van der Waals surface area (Å²) in [5.74, 6) is 3.07. The smallest absolute Gasteiger partial charge is 0.148 e. The molecule has 33 heavy (non-hydrogen) atoms. The maximum Gasteiger partial charge on any atom is 0.148 e. The van der Waals surface area contributed by atoms with E-state index in [4.69, 9.17) is 19.2 Å². The molecule has 1 atom stereocenters. The van der Waals surface area contributed by atoms with Crippen LogP contribution in [0, 0.1) is 13.8 Å². The van der Waals surface area contributed by atoms with Crippen molar-refractivity contribution >= 4 is 23.4 Å². The minimum Gasteiger partial charge on any atom is -0.497 e. The van der Waals surface area contributed by atoms with E-state index in [0.29, 0.717) is 18.9 Å². The van der Waals surface area contributed by atoms with Crippen LogP contribution in [0.15, 0.2) is 66.7 Å². The van der Waals surface area contributed by atoms with Gasteiger partial charge in [-0.15, -0.1) is 12.4 Å². The van der Waals surface area contributed by atoms with Crippen LogP contribution in [0.4, 0.5) is 0 Å². The fourth-order valence-corrected chi connectivity index (χ4v) is 3.73. The summed E-state index contributed by atoms with van der Waals surface area (Å²) in [5.41, 5.74) is 3.99. The van der Waals surface area contributed by atoms with Crippen molar-refractivity contribution in [3.05, 3.63) is 83.7 Å². The second-order valence-corrected chi connectivity index (χ2v) is 7.78. The van der Waals surface area contributed by atoms with Crippen molar-refractivity contribution in [3.63, 3.8) is 0 Å². The molecule has 0 saturated heterocycles. The molecule has 4 rings (SSSR count). The molecule has 174 valence electrons. The first-order valence-corrected chi connectivity index (χ1v) is 10.6. The quantitative estimate of drug-likeness (QED) is 0.370. The van der Waals surface area contributed by atoms with Crippen LogP contribution in [-0.4, -0.2) is 34.5 Å². The first-order valence-electron chi connectivity index (χ1n) is 10.6. The predicted octanol–water partition coefficient (Wildman–Crippen LogP) is 5.10. The van der Waals surface area contributed by atoms with Gasteiger partial charge < -0.3 is 23.9 Å². The van der Waals surface area contributed by atoms with Gasteiger partial charge in [0, 0.05) is 0 Å². The van der Waals surface area contributed by atoms with E-state index in [1.165, 1.54) is 0 Å². The maximum atomic E-state index is 10.7. The molecule has 1 unspecified atom stereocenters. The minimum atomic E-state index is -0.714. The van der Waals surface area contributed by atoms with Crippen molar-refractivity contribution < 1.29 is 19.3 Å². The third-order valence-corrected chi connectivity index (χ3v) is 5.38. The van der Waals surface area contributed by atoms with Gasteiger partial charge in [-0.3, -0.25) is 0 Å². The van der Waals surface area contributed by atoms with Crippen LogP contribution < -0.4 is 14.2 Å². The number of nitrogens with zero attached hydrogens (tertiary/aromatic N) is 2. The fourth-order valence-electron chi connectivity index (χ4n) is 3.73. The lowest BCUT2D eigenvalue weighted by atomic mass is 10.1. The van der Waals surface area contributed by atoms with Gasteiger partial charge in [-0.2, -0.15) is 0 Å². The molecular weight excluding hydrogens is 440 g/mol. The molecule has 4 aromatic rings. The molecule has 0 saturated carbocycles. The Labute approximate surface area is 200 Å². The Kier molecular flexibility index (Phi) is 8.20. The standard InChI is InChI=1S/C26H28N2O4.ClH/c1-18-7-6-8-19(2)26(18)32-17-25-27-23-9-4-5-10-24(23)28(25)15-20(29)16-31-22-13-11-21(30-3)12-14-22;/h4-14,20,29H,15-17H2,1-3H3;1H. The number of halogens is 1. The van der Waals surface area contributed by atoms with Crippen LogP contribution >= 0.6 is 12.4 Å². The molecule has 6 nitrogen and oxygen atoms in total. The van der Waals surface area contributed by atoms with E-state index in [-0.39, 0.29) is 19.0 Å². The van der Waals surface area contributed by atoms with E-state index in [2.05, 4.69) is 0 Å². The molecule has 0 fully saturated rings. The Bertz CT molecular complexity index is 1170. The van der Waals surface area contributed by atoms with E-state index in [1.807, 2.05) is 85.1 Å². The van der Waals surface area contributed by atoms with Gasteiger partial charge in [0.2, 0.25) is 0 Å². The summed E-state index contributed by atoms with van der Waals surface area (Å²) in [6.07, 6.45) is -0.714. The van der Waals surface area contributed by atoms with Gasteiger partial charge in [0.05, 0.1) is 24.7 Å². The monoisotopic (exact) mass is 468 g/mol. The lowest BCUT2D eigenvalue weighted by Crippen LogP contribution is -2.25. The summed E-state index contributed by atoms with van der Waals surface area (Å²) in [5, 5.41) is 10.7. The molecule has 0 aliphatic heterocycles. The largest absolute Gasteiger partial charge is 0.497 e. The molecule has 1 N–H and O–H groups in total. The number of aliphatic hydroxyl groups excluding tert-OH is 1. The normalized spacial score (nSPS) is 11.6. The van der Waals surface area contributed by atoms with E-state index in [9.17, 15) is 5.11 Å². The Morgan fingerprint density at radius 3 is 2.24 bits per heavy atom. The van der Waals surface area contributed by atoms with Crippen molar-refractivity contribution in [3.8, 4) is 17.2 Å². The summed E-state index contributed by atoms with van der Waals surface area (Å²) < 4.78 is 19.1. The molecule has 1 heterocycles. The van der Waals surface area contributed by atoms with Gasteiger partial charge in [0.25, 0.3) is 0 Å². The number of rotatable bonds is 9. The summed E-state index contributed by atoms with van der Waals surface area (Å²) >= 11 is 0. The van der Waals surface area contributed by atoms with Gasteiger partial charge in [-0.05, 0) is 61.4 Å². The van der Waals surface area contributed by atoms with Crippen LogP contribution in [0.25, 0.3) is 11.0 Å². The summed E-state index contributed by atoms with van der Waals surface area (Å²) in [4.78, 5) is 4.75. The summed E-state index contributed by atoms with van der Waals surface area (Å²) in [6.45, 7) is 4.89. The van der Waals surface area contributed by atoms with E-state index in [1.54, 1.807) is 7.11 Å². The summed E-state index contributed by atoms with van der Waals surface area (Å²) in [6, 6.07) is 21.3. The number of hydrogen-bond acceptors (Lipinski definition) is 5. The third kappa shape index (κ3) is 5.78. The Balaban J connectivity index is 0.00000306. The minimum absolute atomic E-state index is 0. The van der Waals surface area contributed by atoms with Crippen molar-refractivity contribution in [1.29, 1.82) is 0 Å². The van der Waals surface area contributed by atoms with Crippen molar-refractivity contribution in [1.82, 2.24) is 9.55 Å². The SMILES string of the molecule is COc1ccc(OCC(O)Cn2c(COc3c(C)cccc3C)nc3ccccc32)cc1.Cl. The number of benzene rings is 3. The zero-order valence-electron chi connectivity index (χ0n) is 19.0. The number of methoxy groups -OCH3 is 1. The molecule has 0 bridgehead atoms. The highest BCUT2D eigenvalue weighted by Gasteiger charge is 2.16. The Morgan fingerprint density at radius 1 is 0.879 bits per heavy atom. The second-order valence-electron chi connectivity index (χ2n) is 7.78. The van der Waals surface area contributed by atoms with Crippen molar-refractivity contribution in [2.75, 3.05) is 13.7 Å². The molecule has 0 aliphatic rings. The fraction of sp³-hybridized carbons (Fsp3) is 0.269. The average molecular weight is 469 g/mol. The number of aromatic nitrogens is 2. The summed E-state index contributed by atoms with van der Waals surface area (Å²) in [7, 11) is 1.62. The maximum absolute atomic E-state index is 10.7. The van der Waals surface area contributed by atoms with Crippen LogP contribution in [0.1, 0.15) is 17.0 Å².